The second kappa shape index (κ2) is 10.5. The van der Waals surface area contributed by atoms with E-state index in [1.165, 1.54) is 12.3 Å². The first-order valence-corrected chi connectivity index (χ1v) is 12.8. The number of aromatic carboxylic acids is 1. The molecular weight excluding hydrogens is 476 g/mol. The number of fused-ring (bicyclic) bond motifs is 1. The van der Waals surface area contributed by atoms with Crippen molar-refractivity contribution in [3.8, 4) is 0 Å². The number of aliphatic hydroxyl groups excluding tert-OH is 1. The summed E-state index contributed by atoms with van der Waals surface area (Å²) in [5.41, 5.74) is 7.06. The topological polar surface area (TPSA) is 153 Å². The Morgan fingerprint density at radius 3 is 2.51 bits per heavy atom. The Morgan fingerprint density at radius 1 is 1.16 bits per heavy atom. The fourth-order valence-corrected chi connectivity index (χ4v) is 5.65. The highest BCUT2D eigenvalue weighted by atomic mass is 16.5. The highest BCUT2D eigenvalue weighted by molar-refractivity contribution is 6.02. The zero-order chi connectivity index (χ0) is 26.0. The molecule has 5 rings (SSSR count). The summed E-state index contributed by atoms with van der Waals surface area (Å²) >= 11 is 0. The summed E-state index contributed by atoms with van der Waals surface area (Å²) in [5, 5.41) is 26.9. The van der Waals surface area contributed by atoms with Crippen molar-refractivity contribution in [2.75, 3.05) is 54.9 Å². The standard InChI is InChI=1S/C26H34N6O5/c27-25(36)26(8-5-19(33)6-9-26)32-21-20(24(34)35)7-10-29-22(21)30-23(32)17-1-3-18(4-2-17)28-11-12-31-13-15-37-16-14-31/h1-4,7,10,19,23,28,33H,5-6,8-9,11-16H2,(H2,27,36)(H,29,30)(H,34,35). The third-order valence-electron chi connectivity index (χ3n) is 7.72. The predicted octanol–water partition coefficient (Wildman–Crippen LogP) is 1.61. The number of rotatable bonds is 8. The Hall–Kier alpha value is -3.41. The third kappa shape index (κ3) is 4.94. The number of morpholine rings is 1. The molecule has 1 saturated heterocycles. The number of carboxylic acids is 1. The lowest BCUT2D eigenvalue weighted by atomic mass is 9.77. The number of carbonyl (C=O) groups is 2. The SMILES string of the molecule is NC(=O)C1(N2c3c(C(=O)O)ccnc3NC2c2ccc(NCCN3CCOCC3)cc2)CCC(O)CC1. The van der Waals surface area contributed by atoms with Crippen LogP contribution in [0.4, 0.5) is 17.2 Å². The molecule has 0 spiro atoms. The van der Waals surface area contributed by atoms with Gasteiger partial charge in [0.2, 0.25) is 5.91 Å². The molecule has 1 aliphatic carbocycles. The van der Waals surface area contributed by atoms with Crippen molar-refractivity contribution in [3.63, 3.8) is 0 Å². The maximum Gasteiger partial charge on any atom is 0.338 e. The third-order valence-corrected chi connectivity index (χ3v) is 7.72. The van der Waals surface area contributed by atoms with E-state index in [-0.39, 0.29) is 5.56 Å². The van der Waals surface area contributed by atoms with Gasteiger partial charge in [-0.25, -0.2) is 9.78 Å². The van der Waals surface area contributed by atoms with Gasteiger partial charge < -0.3 is 36.2 Å². The molecule has 37 heavy (non-hydrogen) atoms. The highest BCUT2D eigenvalue weighted by Gasteiger charge is 2.52. The average Bonchev–Trinajstić information content (AvgIpc) is 3.30. The van der Waals surface area contributed by atoms with Crippen LogP contribution in [-0.4, -0.2) is 83.0 Å². The number of anilines is 3. The minimum absolute atomic E-state index is 0.0492. The summed E-state index contributed by atoms with van der Waals surface area (Å²) < 4.78 is 5.40. The summed E-state index contributed by atoms with van der Waals surface area (Å²) in [6.45, 7) is 5.15. The smallest absolute Gasteiger partial charge is 0.338 e. The van der Waals surface area contributed by atoms with Crippen LogP contribution in [0.25, 0.3) is 0 Å². The fraction of sp³-hybridized carbons (Fsp3) is 0.500. The molecule has 198 valence electrons. The van der Waals surface area contributed by atoms with Crippen LogP contribution in [0, 0.1) is 0 Å². The van der Waals surface area contributed by atoms with Gasteiger partial charge in [0.25, 0.3) is 0 Å². The van der Waals surface area contributed by atoms with Crippen molar-refractivity contribution in [3.05, 3.63) is 47.7 Å². The van der Waals surface area contributed by atoms with Crippen LogP contribution in [0.1, 0.15) is 47.8 Å². The summed E-state index contributed by atoms with van der Waals surface area (Å²) in [7, 11) is 0. The van der Waals surface area contributed by atoms with Gasteiger partial charge in [-0.1, -0.05) is 12.1 Å². The molecule has 2 aromatic rings. The predicted molar refractivity (Wildman–Crippen MR) is 139 cm³/mol. The van der Waals surface area contributed by atoms with E-state index in [9.17, 15) is 19.8 Å². The van der Waals surface area contributed by atoms with Gasteiger partial charge in [-0.15, -0.1) is 0 Å². The second-order valence-electron chi connectivity index (χ2n) is 9.91. The number of hydrogen-bond donors (Lipinski definition) is 5. The van der Waals surface area contributed by atoms with Crippen LogP contribution in [0.3, 0.4) is 0 Å². The van der Waals surface area contributed by atoms with Crippen LogP contribution in [0.15, 0.2) is 36.5 Å². The van der Waals surface area contributed by atoms with Crippen LogP contribution in [0.2, 0.25) is 0 Å². The maximum atomic E-state index is 13.0. The van der Waals surface area contributed by atoms with Crippen molar-refractivity contribution >= 4 is 29.1 Å². The lowest BCUT2D eigenvalue weighted by Gasteiger charge is -2.47. The molecule has 0 radical (unpaired) electrons. The van der Waals surface area contributed by atoms with Crippen LogP contribution >= 0.6 is 0 Å². The van der Waals surface area contributed by atoms with Gasteiger partial charge in [-0.3, -0.25) is 9.69 Å². The van der Waals surface area contributed by atoms with Crippen LogP contribution in [-0.2, 0) is 9.53 Å². The number of nitrogens with one attached hydrogen (secondary N) is 2. The van der Waals surface area contributed by atoms with E-state index in [1.54, 1.807) is 4.90 Å². The Bertz CT molecular complexity index is 1130. The number of nitrogens with two attached hydrogens (primary N) is 1. The van der Waals surface area contributed by atoms with E-state index in [1.807, 2.05) is 24.3 Å². The van der Waals surface area contributed by atoms with Crippen molar-refractivity contribution < 1.29 is 24.5 Å². The number of hydrogen-bond acceptors (Lipinski definition) is 9. The summed E-state index contributed by atoms with van der Waals surface area (Å²) in [6.07, 6.45) is 1.81. The fourth-order valence-electron chi connectivity index (χ4n) is 5.65. The minimum Gasteiger partial charge on any atom is -0.478 e. The summed E-state index contributed by atoms with van der Waals surface area (Å²) in [5.74, 6) is -1.26. The molecule has 11 heteroatoms. The molecule has 1 saturated carbocycles. The second-order valence-corrected chi connectivity index (χ2v) is 9.91. The zero-order valence-electron chi connectivity index (χ0n) is 20.7. The molecule has 1 unspecified atom stereocenters. The first kappa shape index (κ1) is 25.2. The molecular formula is C26H34N6O5. The Kier molecular flexibility index (Phi) is 7.18. The number of carbonyl (C=O) groups excluding carboxylic acids is 1. The number of aliphatic hydroxyl groups is 1. The summed E-state index contributed by atoms with van der Waals surface area (Å²) in [4.78, 5) is 33.7. The normalized spacial score (nSPS) is 25.8. The average molecular weight is 511 g/mol. The zero-order valence-corrected chi connectivity index (χ0v) is 20.7. The molecule has 2 aliphatic heterocycles. The van der Waals surface area contributed by atoms with Crippen molar-refractivity contribution in [2.24, 2.45) is 5.73 Å². The number of benzene rings is 1. The van der Waals surface area contributed by atoms with Gasteiger partial charge in [-0.05, 0) is 49.4 Å². The number of aromatic nitrogens is 1. The molecule has 2 fully saturated rings. The molecule has 1 amide bonds. The quantitative estimate of drug-likeness (QED) is 0.354. The molecule has 11 nitrogen and oxygen atoms in total. The van der Waals surface area contributed by atoms with E-state index < -0.39 is 29.7 Å². The number of amides is 1. The molecule has 1 aromatic heterocycles. The molecule has 3 heterocycles. The lowest BCUT2D eigenvalue weighted by Crippen LogP contribution is -2.60. The molecule has 6 N–H and O–H groups in total. The first-order chi connectivity index (χ1) is 17.9. The number of nitrogens with zero attached hydrogens (tertiary/aromatic N) is 3. The number of pyridine rings is 1. The van der Waals surface area contributed by atoms with Crippen molar-refractivity contribution in [1.29, 1.82) is 0 Å². The van der Waals surface area contributed by atoms with Gasteiger partial charge in [0.1, 0.15) is 11.7 Å². The molecule has 1 atom stereocenters. The first-order valence-electron chi connectivity index (χ1n) is 12.8. The molecule has 0 bridgehead atoms. The summed E-state index contributed by atoms with van der Waals surface area (Å²) in [6, 6.07) is 9.31. The lowest BCUT2D eigenvalue weighted by molar-refractivity contribution is -0.125. The van der Waals surface area contributed by atoms with Crippen LogP contribution < -0.4 is 21.3 Å². The van der Waals surface area contributed by atoms with E-state index >= 15 is 0 Å². The maximum absolute atomic E-state index is 13.0. The number of primary amides is 1. The van der Waals surface area contributed by atoms with Crippen molar-refractivity contribution in [2.45, 2.75) is 43.5 Å². The largest absolute Gasteiger partial charge is 0.478 e. The monoisotopic (exact) mass is 510 g/mol. The van der Waals surface area contributed by atoms with E-state index in [0.29, 0.717) is 37.2 Å². The number of ether oxygens (including phenoxy) is 1. The molecule has 1 aromatic carbocycles. The highest BCUT2D eigenvalue weighted by Crippen LogP contribution is 2.50. The van der Waals surface area contributed by atoms with E-state index in [0.717, 1.165) is 50.6 Å². The van der Waals surface area contributed by atoms with Gasteiger partial charge >= 0.3 is 5.97 Å². The molecule has 3 aliphatic rings. The Balaban J connectivity index is 1.42. The van der Waals surface area contributed by atoms with Gasteiger partial charge in [-0.2, -0.15) is 0 Å². The Labute approximate surface area is 215 Å². The van der Waals surface area contributed by atoms with Crippen LogP contribution in [0.5, 0.6) is 0 Å². The van der Waals surface area contributed by atoms with E-state index in [4.69, 9.17) is 10.5 Å². The van der Waals surface area contributed by atoms with E-state index in [2.05, 4.69) is 20.5 Å². The Morgan fingerprint density at radius 2 is 1.86 bits per heavy atom. The van der Waals surface area contributed by atoms with Crippen molar-refractivity contribution in [1.82, 2.24) is 9.88 Å². The minimum atomic E-state index is -1.16. The van der Waals surface area contributed by atoms with Gasteiger partial charge in [0.05, 0.1) is 30.6 Å². The number of carboxylic acid groups (broad SMARTS) is 1. The van der Waals surface area contributed by atoms with Gasteiger partial charge in [0.15, 0.2) is 5.82 Å². The van der Waals surface area contributed by atoms with Gasteiger partial charge in [0, 0.05) is 38.1 Å².